The van der Waals surface area contributed by atoms with Gasteiger partial charge in [0, 0.05) is 38.9 Å². The number of aromatic nitrogens is 2. The molecule has 2 heterocycles. The van der Waals surface area contributed by atoms with E-state index in [0.29, 0.717) is 18.9 Å². The fourth-order valence-electron chi connectivity index (χ4n) is 2.36. The zero-order chi connectivity index (χ0) is 14.7. The number of amides is 3. The lowest BCUT2D eigenvalue weighted by Crippen LogP contribution is -2.47. The summed E-state index contributed by atoms with van der Waals surface area (Å²) in [5, 5.41) is 9.56. The first-order chi connectivity index (χ1) is 9.47. The lowest BCUT2D eigenvalue weighted by Gasteiger charge is -2.33. The monoisotopic (exact) mass is 279 g/mol. The molecule has 7 heteroatoms. The summed E-state index contributed by atoms with van der Waals surface area (Å²) in [7, 11) is 3.44. The minimum atomic E-state index is -0.176. The highest BCUT2D eigenvalue weighted by Crippen LogP contribution is 2.19. The van der Waals surface area contributed by atoms with E-state index in [-0.39, 0.29) is 17.9 Å². The number of carbonyl (C=O) groups is 2. The molecule has 0 aliphatic carbocycles. The van der Waals surface area contributed by atoms with Crippen molar-refractivity contribution in [1.29, 1.82) is 0 Å². The van der Waals surface area contributed by atoms with E-state index in [9.17, 15) is 9.59 Å². The molecule has 3 amide bonds. The van der Waals surface area contributed by atoms with Crippen molar-refractivity contribution in [2.75, 3.05) is 32.5 Å². The largest absolute Gasteiger partial charge is 0.331 e. The summed E-state index contributed by atoms with van der Waals surface area (Å²) in [6.07, 6.45) is 1.64. The molecule has 1 atom stereocenters. The topological polar surface area (TPSA) is 81.3 Å². The first kappa shape index (κ1) is 14.4. The van der Waals surface area contributed by atoms with Gasteiger partial charge in [-0.2, -0.15) is 5.10 Å². The van der Waals surface area contributed by atoms with Crippen LogP contribution in [-0.2, 0) is 4.79 Å². The van der Waals surface area contributed by atoms with Crippen LogP contribution in [0.25, 0.3) is 0 Å². The number of nitrogens with zero attached hydrogens (tertiary/aromatic N) is 3. The van der Waals surface area contributed by atoms with Crippen molar-refractivity contribution in [2.45, 2.75) is 19.8 Å². The van der Waals surface area contributed by atoms with Crippen LogP contribution >= 0.6 is 0 Å². The molecule has 0 aromatic carbocycles. The van der Waals surface area contributed by atoms with Gasteiger partial charge in [-0.25, -0.2) is 4.79 Å². The van der Waals surface area contributed by atoms with Crippen LogP contribution in [0, 0.1) is 12.8 Å². The Kier molecular flexibility index (Phi) is 4.26. The second kappa shape index (κ2) is 5.94. The predicted octanol–water partition coefficient (Wildman–Crippen LogP) is 1.05. The molecule has 1 aliphatic heterocycles. The lowest BCUT2D eigenvalue weighted by atomic mass is 9.97. The van der Waals surface area contributed by atoms with Gasteiger partial charge in [0.2, 0.25) is 5.91 Å². The molecule has 2 rings (SSSR count). The van der Waals surface area contributed by atoms with Crippen molar-refractivity contribution in [1.82, 2.24) is 20.0 Å². The third-order valence-corrected chi connectivity index (χ3v) is 3.40. The number of urea groups is 1. The number of nitrogens with one attached hydrogen (secondary N) is 2. The molecule has 1 saturated heterocycles. The van der Waals surface area contributed by atoms with Crippen molar-refractivity contribution >= 4 is 17.8 Å². The molecule has 1 aromatic rings. The van der Waals surface area contributed by atoms with Crippen LogP contribution in [0.2, 0.25) is 0 Å². The highest BCUT2D eigenvalue weighted by atomic mass is 16.2. The van der Waals surface area contributed by atoms with Crippen molar-refractivity contribution in [3.05, 3.63) is 11.8 Å². The van der Waals surface area contributed by atoms with Crippen molar-refractivity contribution in [2.24, 2.45) is 5.92 Å². The summed E-state index contributed by atoms with van der Waals surface area (Å²) >= 11 is 0. The molecular weight excluding hydrogens is 258 g/mol. The predicted molar refractivity (Wildman–Crippen MR) is 75.3 cm³/mol. The van der Waals surface area contributed by atoms with Gasteiger partial charge < -0.3 is 15.1 Å². The Labute approximate surface area is 118 Å². The van der Waals surface area contributed by atoms with E-state index >= 15 is 0 Å². The molecule has 0 saturated carbocycles. The zero-order valence-corrected chi connectivity index (χ0v) is 12.1. The molecule has 0 spiro atoms. The molecule has 1 aromatic heterocycles. The fourth-order valence-corrected chi connectivity index (χ4v) is 2.36. The molecule has 0 radical (unpaired) electrons. The molecule has 1 aliphatic rings. The Morgan fingerprint density at radius 2 is 2.25 bits per heavy atom. The van der Waals surface area contributed by atoms with Gasteiger partial charge in [-0.3, -0.25) is 9.89 Å². The van der Waals surface area contributed by atoms with E-state index in [1.165, 1.54) is 4.90 Å². The number of aryl methyl sites for hydroxylation is 1. The Morgan fingerprint density at radius 1 is 1.50 bits per heavy atom. The first-order valence-corrected chi connectivity index (χ1v) is 6.76. The second-order valence-corrected chi connectivity index (χ2v) is 5.39. The van der Waals surface area contributed by atoms with Crippen LogP contribution in [0.1, 0.15) is 18.5 Å². The molecular formula is C13H21N5O2. The smallest absolute Gasteiger partial charge is 0.319 e. The Hall–Kier alpha value is -2.05. The van der Waals surface area contributed by atoms with Crippen LogP contribution in [-0.4, -0.2) is 59.1 Å². The maximum absolute atomic E-state index is 12.2. The van der Waals surface area contributed by atoms with Crippen molar-refractivity contribution in [3.8, 4) is 0 Å². The summed E-state index contributed by atoms with van der Waals surface area (Å²) in [4.78, 5) is 27.4. The first-order valence-electron chi connectivity index (χ1n) is 6.76. The molecule has 2 N–H and O–H groups in total. The quantitative estimate of drug-likeness (QED) is 0.849. The summed E-state index contributed by atoms with van der Waals surface area (Å²) in [5.41, 5.74) is 0.897. The number of rotatable bonds is 2. The number of likely N-dealkylation sites (tertiary alicyclic amines) is 1. The van der Waals surface area contributed by atoms with Crippen LogP contribution in [0.5, 0.6) is 0 Å². The maximum atomic E-state index is 12.2. The van der Waals surface area contributed by atoms with E-state index in [1.807, 2.05) is 6.92 Å². The summed E-state index contributed by atoms with van der Waals surface area (Å²) in [6, 6.07) is 1.74. The van der Waals surface area contributed by atoms with Gasteiger partial charge in [0.25, 0.3) is 0 Å². The normalized spacial score (nSPS) is 18.8. The molecule has 110 valence electrons. The Morgan fingerprint density at radius 3 is 2.85 bits per heavy atom. The zero-order valence-electron chi connectivity index (χ0n) is 12.1. The molecule has 7 nitrogen and oxygen atoms in total. The number of aromatic amines is 1. The van der Waals surface area contributed by atoms with Gasteiger partial charge in [-0.1, -0.05) is 0 Å². The molecule has 1 unspecified atom stereocenters. The van der Waals surface area contributed by atoms with E-state index < -0.39 is 0 Å². The number of carbonyl (C=O) groups excluding carboxylic acids is 2. The maximum Gasteiger partial charge on any atom is 0.319 e. The van der Waals surface area contributed by atoms with E-state index in [4.69, 9.17) is 0 Å². The van der Waals surface area contributed by atoms with Gasteiger partial charge >= 0.3 is 6.03 Å². The number of piperidine rings is 1. The number of hydrogen-bond acceptors (Lipinski definition) is 3. The van der Waals surface area contributed by atoms with Crippen LogP contribution < -0.4 is 5.32 Å². The van der Waals surface area contributed by atoms with E-state index in [0.717, 1.165) is 18.5 Å². The van der Waals surface area contributed by atoms with Gasteiger partial charge in [0.1, 0.15) is 0 Å². The number of H-pyrrole nitrogens is 1. The van der Waals surface area contributed by atoms with E-state index in [1.54, 1.807) is 25.1 Å². The molecule has 20 heavy (non-hydrogen) atoms. The fraction of sp³-hybridized carbons (Fsp3) is 0.615. The van der Waals surface area contributed by atoms with Crippen LogP contribution in [0.15, 0.2) is 6.07 Å². The lowest BCUT2D eigenvalue weighted by molar-refractivity contribution is -0.121. The van der Waals surface area contributed by atoms with Gasteiger partial charge in [-0.15, -0.1) is 0 Å². The average Bonchev–Trinajstić information content (AvgIpc) is 2.83. The third kappa shape index (κ3) is 3.28. The molecule has 1 fully saturated rings. The summed E-state index contributed by atoms with van der Waals surface area (Å²) in [5.74, 6) is 0.279. The van der Waals surface area contributed by atoms with Crippen molar-refractivity contribution in [3.63, 3.8) is 0 Å². The van der Waals surface area contributed by atoms with Gasteiger partial charge in [-0.05, 0) is 19.8 Å². The number of hydrogen-bond donors (Lipinski definition) is 2. The minimum absolute atomic E-state index is 0.0434. The number of anilines is 1. The Bertz CT molecular complexity index is 497. The van der Waals surface area contributed by atoms with Crippen LogP contribution in [0.4, 0.5) is 10.6 Å². The standard InChI is InChI=1S/C13H21N5O2/c1-9-7-11(16-15-9)14-12(19)10-5-4-6-18(8-10)13(20)17(2)3/h7,10H,4-6,8H2,1-3H3,(H2,14,15,16,19). The van der Waals surface area contributed by atoms with E-state index in [2.05, 4.69) is 15.5 Å². The van der Waals surface area contributed by atoms with Gasteiger partial charge in [0.05, 0.1) is 5.92 Å². The minimum Gasteiger partial charge on any atom is -0.331 e. The van der Waals surface area contributed by atoms with Gasteiger partial charge in [0.15, 0.2) is 5.82 Å². The highest BCUT2D eigenvalue weighted by Gasteiger charge is 2.29. The van der Waals surface area contributed by atoms with Crippen molar-refractivity contribution < 1.29 is 9.59 Å². The SMILES string of the molecule is Cc1cc(NC(=O)C2CCCN(C(=O)N(C)C)C2)n[nH]1. The second-order valence-electron chi connectivity index (χ2n) is 5.39. The third-order valence-electron chi connectivity index (χ3n) is 3.40. The summed E-state index contributed by atoms with van der Waals surface area (Å²) < 4.78 is 0. The Balaban J connectivity index is 1.94. The summed E-state index contributed by atoms with van der Waals surface area (Å²) in [6.45, 7) is 3.05. The van der Waals surface area contributed by atoms with Crippen LogP contribution in [0.3, 0.4) is 0 Å². The highest BCUT2D eigenvalue weighted by molar-refractivity contribution is 5.92. The average molecular weight is 279 g/mol. The molecule has 0 bridgehead atoms.